The molecule has 0 radical (unpaired) electrons. The Bertz CT molecular complexity index is 735. The average Bonchev–Trinajstić information content (AvgIpc) is 2.84. The lowest BCUT2D eigenvalue weighted by Gasteiger charge is -2.45. The molecule has 0 aromatic rings. The monoisotopic (exact) mass is 546 g/mol. The van der Waals surface area contributed by atoms with Gasteiger partial charge in [0.05, 0.1) is 0 Å². The van der Waals surface area contributed by atoms with Crippen LogP contribution < -0.4 is 10.6 Å². The van der Waals surface area contributed by atoms with Gasteiger partial charge in [0.2, 0.25) is 11.8 Å². The van der Waals surface area contributed by atoms with Crippen LogP contribution in [0.4, 0.5) is 0 Å². The minimum Gasteiger partial charge on any atom is -0.460 e. The van der Waals surface area contributed by atoms with Gasteiger partial charge >= 0.3 is 11.9 Å². The molecule has 6 unspecified atom stereocenters. The van der Waals surface area contributed by atoms with E-state index in [1.807, 2.05) is 0 Å². The smallest absolute Gasteiger partial charge is 0.303 e. The molecule has 0 saturated carbocycles. The molecular formula is C26H46N2O10. The van der Waals surface area contributed by atoms with Crippen molar-refractivity contribution in [3.63, 3.8) is 0 Å². The fourth-order valence-electron chi connectivity index (χ4n) is 4.31. The van der Waals surface area contributed by atoms with Crippen LogP contribution in [0.2, 0.25) is 0 Å². The molecule has 1 heterocycles. The summed E-state index contributed by atoms with van der Waals surface area (Å²) < 4.78 is 22.5. The number of amides is 2. The van der Waals surface area contributed by atoms with E-state index < -0.39 is 54.6 Å². The summed E-state index contributed by atoms with van der Waals surface area (Å²) in [6.07, 6.45) is 0.795. The maximum atomic E-state index is 12.0. The zero-order valence-electron chi connectivity index (χ0n) is 23.1. The summed E-state index contributed by atoms with van der Waals surface area (Å²) >= 11 is 0. The summed E-state index contributed by atoms with van der Waals surface area (Å²) in [7, 11) is 0. The second-order valence-corrected chi connectivity index (χ2v) is 9.49. The van der Waals surface area contributed by atoms with Crippen molar-refractivity contribution < 1.29 is 48.3 Å². The number of hydrogen-bond acceptors (Lipinski definition) is 10. The third-order valence-corrected chi connectivity index (χ3v) is 6.11. The molecule has 1 saturated heterocycles. The van der Waals surface area contributed by atoms with Crippen LogP contribution in [0.3, 0.4) is 0 Å². The predicted molar refractivity (Wildman–Crippen MR) is 137 cm³/mol. The molecule has 12 nitrogen and oxygen atoms in total. The Morgan fingerprint density at radius 1 is 0.947 bits per heavy atom. The van der Waals surface area contributed by atoms with E-state index in [2.05, 4.69) is 10.6 Å². The highest BCUT2D eigenvalue weighted by Crippen LogP contribution is 2.29. The predicted octanol–water partition coefficient (Wildman–Crippen LogP) is 1.10. The van der Waals surface area contributed by atoms with Gasteiger partial charge in [-0.2, -0.15) is 0 Å². The third kappa shape index (κ3) is 13.0. The second-order valence-electron chi connectivity index (χ2n) is 9.49. The van der Waals surface area contributed by atoms with Crippen LogP contribution in [-0.2, 0) is 38.1 Å². The van der Waals surface area contributed by atoms with Gasteiger partial charge < -0.3 is 39.8 Å². The number of aliphatic hydroxyl groups excluding tert-OH is 2. The van der Waals surface area contributed by atoms with Gasteiger partial charge in [-0.1, -0.05) is 26.2 Å². The van der Waals surface area contributed by atoms with Crippen molar-refractivity contribution in [2.24, 2.45) is 0 Å². The van der Waals surface area contributed by atoms with Crippen molar-refractivity contribution in [1.29, 1.82) is 0 Å². The van der Waals surface area contributed by atoms with Crippen LogP contribution in [-0.4, -0.2) is 90.5 Å². The zero-order valence-corrected chi connectivity index (χ0v) is 23.1. The van der Waals surface area contributed by atoms with Crippen LogP contribution in [0.5, 0.6) is 0 Å². The van der Waals surface area contributed by atoms with Crippen molar-refractivity contribution >= 4 is 23.8 Å². The Balaban J connectivity index is 2.65. The van der Waals surface area contributed by atoms with Crippen LogP contribution >= 0.6 is 0 Å². The van der Waals surface area contributed by atoms with Gasteiger partial charge in [-0.3, -0.25) is 19.2 Å². The molecule has 1 aliphatic heterocycles. The quantitative estimate of drug-likeness (QED) is 0.144. The van der Waals surface area contributed by atoms with Crippen LogP contribution in [0.25, 0.3) is 0 Å². The van der Waals surface area contributed by atoms with Crippen molar-refractivity contribution in [1.82, 2.24) is 10.6 Å². The molecular weight excluding hydrogens is 500 g/mol. The molecule has 38 heavy (non-hydrogen) atoms. The topological polar surface area (TPSA) is 170 Å². The first-order chi connectivity index (χ1) is 18.1. The lowest BCUT2D eigenvalue weighted by atomic mass is 9.92. The van der Waals surface area contributed by atoms with E-state index in [-0.39, 0.29) is 19.1 Å². The first-order valence-corrected chi connectivity index (χ1v) is 13.5. The SMILES string of the molecule is CCC(OC(C)=O)C1OC(OCCCCCC(=O)NCCCCCCO)C(NC(C)=O)C(OC(C)=O)C1O. The highest BCUT2D eigenvalue weighted by Gasteiger charge is 2.51. The van der Waals surface area contributed by atoms with Gasteiger partial charge in [0.1, 0.15) is 24.4 Å². The van der Waals surface area contributed by atoms with Crippen molar-refractivity contribution in [2.75, 3.05) is 19.8 Å². The number of carbonyl (C=O) groups excluding carboxylic acids is 4. The standard InChI is InChI=1S/C26H46N2O10/c1-5-20(36-18(3)31)24-23(34)25(37-19(4)32)22(28-17(2)30)26(38-24)35-16-12-8-9-13-21(33)27-14-10-6-7-11-15-29/h20,22-26,29,34H,5-16H2,1-4H3,(H,27,33)(H,28,30). The largest absolute Gasteiger partial charge is 0.460 e. The van der Waals surface area contributed by atoms with Crippen molar-refractivity contribution in [3.8, 4) is 0 Å². The van der Waals surface area contributed by atoms with E-state index in [9.17, 15) is 24.3 Å². The van der Waals surface area contributed by atoms with Crippen LogP contribution in [0, 0.1) is 0 Å². The summed E-state index contributed by atoms with van der Waals surface area (Å²) in [6.45, 7) is 6.53. The number of nitrogens with one attached hydrogen (secondary N) is 2. The summed E-state index contributed by atoms with van der Waals surface area (Å²) in [6, 6.07) is -0.986. The number of carbonyl (C=O) groups is 4. The van der Waals surface area contributed by atoms with Crippen LogP contribution in [0.15, 0.2) is 0 Å². The molecule has 12 heteroatoms. The van der Waals surface area contributed by atoms with Gasteiger partial charge in [0.15, 0.2) is 12.4 Å². The number of aliphatic hydroxyl groups is 2. The van der Waals surface area contributed by atoms with Gasteiger partial charge in [-0.25, -0.2) is 0 Å². The minimum atomic E-state index is -1.38. The third-order valence-electron chi connectivity index (χ3n) is 6.11. The summed E-state index contributed by atoms with van der Waals surface area (Å²) in [5.74, 6) is -1.65. The Morgan fingerprint density at radius 3 is 2.24 bits per heavy atom. The highest BCUT2D eigenvalue weighted by atomic mass is 16.7. The number of esters is 2. The van der Waals surface area contributed by atoms with E-state index in [4.69, 9.17) is 24.1 Å². The molecule has 1 fully saturated rings. The summed E-state index contributed by atoms with van der Waals surface area (Å²) in [5, 5.41) is 25.3. The van der Waals surface area contributed by atoms with E-state index in [0.717, 1.165) is 25.7 Å². The molecule has 0 aliphatic carbocycles. The Labute approximate surface area is 225 Å². The Hall–Kier alpha value is -2.28. The number of rotatable bonds is 18. The normalized spacial score (nSPS) is 23.8. The number of unbranched alkanes of at least 4 members (excludes halogenated alkanes) is 5. The van der Waals surface area contributed by atoms with E-state index >= 15 is 0 Å². The molecule has 0 aromatic heterocycles. The van der Waals surface area contributed by atoms with Crippen molar-refractivity contribution in [3.05, 3.63) is 0 Å². The Morgan fingerprint density at radius 2 is 1.63 bits per heavy atom. The summed E-state index contributed by atoms with van der Waals surface area (Å²) in [5.41, 5.74) is 0. The van der Waals surface area contributed by atoms with E-state index in [1.54, 1.807) is 6.92 Å². The Kier molecular flexibility index (Phi) is 16.8. The molecule has 220 valence electrons. The van der Waals surface area contributed by atoms with Gasteiger partial charge in [-0.15, -0.1) is 0 Å². The summed E-state index contributed by atoms with van der Waals surface area (Å²) in [4.78, 5) is 47.2. The molecule has 6 atom stereocenters. The van der Waals surface area contributed by atoms with Crippen LogP contribution in [0.1, 0.15) is 85.5 Å². The van der Waals surface area contributed by atoms with Gasteiger partial charge in [-0.05, 0) is 32.1 Å². The maximum absolute atomic E-state index is 12.0. The van der Waals surface area contributed by atoms with Gasteiger partial charge in [0.25, 0.3) is 0 Å². The molecule has 1 rings (SSSR count). The second kappa shape index (κ2) is 18.9. The fraction of sp³-hybridized carbons (Fsp3) is 0.846. The van der Waals surface area contributed by atoms with E-state index in [0.29, 0.717) is 38.6 Å². The minimum absolute atomic E-state index is 0.00783. The maximum Gasteiger partial charge on any atom is 0.303 e. The highest BCUT2D eigenvalue weighted by molar-refractivity contribution is 5.75. The first kappa shape index (κ1) is 33.7. The molecule has 0 aromatic carbocycles. The number of ether oxygens (including phenoxy) is 4. The molecule has 0 bridgehead atoms. The lowest BCUT2D eigenvalue weighted by molar-refractivity contribution is -0.285. The average molecular weight is 547 g/mol. The first-order valence-electron chi connectivity index (χ1n) is 13.5. The number of hydrogen-bond donors (Lipinski definition) is 4. The fourth-order valence-corrected chi connectivity index (χ4v) is 4.31. The molecule has 2 amide bonds. The van der Waals surface area contributed by atoms with Gasteiger partial charge in [0, 0.05) is 47.0 Å². The lowest BCUT2D eigenvalue weighted by Crippen LogP contribution is -2.67. The molecule has 1 aliphatic rings. The van der Waals surface area contributed by atoms with E-state index in [1.165, 1.54) is 20.8 Å². The molecule has 0 spiro atoms. The zero-order chi connectivity index (χ0) is 28.5. The van der Waals surface area contributed by atoms with Crippen molar-refractivity contribution in [2.45, 2.75) is 122 Å². The molecule has 4 N–H and O–H groups in total.